The molecule has 0 bridgehead atoms. The number of nitrogens with zero attached hydrogens (tertiary/aromatic N) is 5. The van der Waals surface area contributed by atoms with Crippen LogP contribution in [0.2, 0.25) is 0 Å². The highest BCUT2D eigenvalue weighted by atomic mass is 32.2. The number of aromatic nitrogens is 5. The quantitative estimate of drug-likeness (QED) is 0.417. The second kappa shape index (κ2) is 8.71. The summed E-state index contributed by atoms with van der Waals surface area (Å²) in [5.41, 5.74) is 7.83. The largest absolute Gasteiger partial charge is 0.485 e. The van der Waals surface area contributed by atoms with Crippen molar-refractivity contribution in [3.63, 3.8) is 0 Å². The number of rotatable bonds is 6. The lowest BCUT2D eigenvalue weighted by molar-refractivity contribution is 0.0686. The van der Waals surface area contributed by atoms with Crippen molar-refractivity contribution in [3.8, 4) is 11.5 Å². The predicted molar refractivity (Wildman–Crippen MR) is 118 cm³/mol. The van der Waals surface area contributed by atoms with Crippen molar-refractivity contribution in [1.29, 1.82) is 0 Å². The van der Waals surface area contributed by atoms with Gasteiger partial charge in [-0.2, -0.15) is 15.0 Å². The number of nitrogen functional groups attached to an aromatic ring is 1. The van der Waals surface area contributed by atoms with Crippen LogP contribution in [0.15, 0.2) is 58.2 Å². The van der Waals surface area contributed by atoms with Crippen LogP contribution in [-0.2, 0) is 5.75 Å². The Morgan fingerprint density at radius 2 is 1.84 bits per heavy atom. The molecule has 2 aromatic heterocycles. The molecular weight excluding hydrogens is 430 g/mol. The predicted octanol–water partition coefficient (Wildman–Crippen LogP) is 3.69. The third kappa shape index (κ3) is 4.42. The number of nitrogens with one attached hydrogen (secondary N) is 1. The molecule has 0 saturated carbocycles. The highest BCUT2D eigenvalue weighted by molar-refractivity contribution is 7.98. The van der Waals surface area contributed by atoms with E-state index in [-0.39, 0.29) is 5.95 Å². The highest BCUT2D eigenvalue weighted by Crippen LogP contribution is 2.36. The molecule has 11 heteroatoms. The molecule has 3 heterocycles. The van der Waals surface area contributed by atoms with Gasteiger partial charge in [-0.1, -0.05) is 42.1 Å². The van der Waals surface area contributed by atoms with Gasteiger partial charge in [-0.25, -0.2) is 0 Å². The zero-order chi connectivity index (χ0) is 21.9. The van der Waals surface area contributed by atoms with Crippen molar-refractivity contribution < 1.29 is 13.9 Å². The lowest BCUT2D eigenvalue weighted by Gasteiger charge is -2.23. The first-order valence-corrected chi connectivity index (χ1v) is 10.8. The number of nitrogens with two attached hydrogens (primary N) is 1. The molecule has 32 heavy (non-hydrogen) atoms. The number of aryl methyl sites for hydroxylation is 1. The Morgan fingerprint density at radius 3 is 2.72 bits per heavy atom. The number of thioether (sulfide) groups is 1. The Balaban J connectivity index is 1.24. The highest BCUT2D eigenvalue weighted by Gasteiger charge is 2.27. The van der Waals surface area contributed by atoms with E-state index in [0.717, 1.165) is 11.3 Å². The van der Waals surface area contributed by atoms with Gasteiger partial charge in [0.05, 0.1) is 5.75 Å². The fourth-order valence-electron chi connectivity index (χ4n) is 3.07. The second-order valence-corrected chi connectivity index (χ2v) is 7.86. The van der Waals surface area contributed by atoms with Gasteiger partial charge >= 0.3 is 0 Å². The van der Waals surface area contributed by atoms with Crippen molar-refractivity contribution in [2.75, 3.05) is 17.7 Å². The van der Waals surface area contributed by atoms with Gasteiger partial charge in [0, 0.05) is 5.69 Å². The number of hydrogen-bond acceptors (Lipinski definition) is 11. The van der Waals surface area contributed by atoms with E-state index >= 15 is 0 Å². The maximum Gasteiger partial charge on any atom is 0.277 e. The number of ether oxygens (including phenoxy) is 2. The maximum absolute atomic E-state index is 5.90. The van der Waals surface area contributed by atoms with Gasteiger partial charge in [0.15, 0.2) is 11.5 Å². The summed E-state index contributed by atoms with van der Waals surface area (Å²) in [4.78, 5) is 12.8. The number of anilines is 3. The summed E-state index contributed by atoms with van der Waals surface area (Å²) in [7, 11) is 0. The lowest BCUT2D eigenvalue weighted by atomic mass is 10.2. The molecule has 5 rings (SSSR count). The van der Waals surface area contributed by atoms with Crippen LogP contribution in [0.5, 0.6) is 11.5 Å². The van der Waals surface area contributed by atoms with Crippen LogP contribution in [0.25, 0.3) is 0 Å². The average Bonchev–Trinajstić information content (AvgIpc) is 3.28. The molecule has 4 aromatic rings. The molecule has 0 radical (unpaired) electrons. The zero-order valence-corrected chi connectivity index (χ0v) is 17.9. The van der Waals surface area contributed by atoms with Crippen molar-refractivity contribution in [1.82, 2.24) is 25.1 Å². The molecule has 10 nitrogen and oxygen atoms in total. The summed E-state index contributed by atoms with van der Waals surface area (Å²) in [6.45, 7) is 2.29. The number of para-hydroxylation sites is 3. The fraction of sp³-hybridized carbons (Fsp3) is 0.190. The molecule has 3 N–H and O–H groups in total. The van der Waals surface area contributed by atoms with Crippen LogP contribution in [0, 0.1) is 6.92 Å². The molecule has 0 saturated heterocycles. The van der Waals surface area contributed by atoms with E-state index in [4.69, 9.17) is 19.6 Å². The molecule has 2 aromatic carbocycles. The van der Waals surface area contributed by atoms with E-state index in [9.17, 15) is 0 Å². The molecule has 0 spiro atoms. The SMILES string of the molecule is Cc1ccccc1Nc1nc(N)nc(CSc2nnc([C@H]3COc4ccccc4O3)o2)n1. The second-order valence-electron chi connectivity index (χ2n) is 6.93. The van der Waals surface area contributed by atoms with E-state index in [1.54, 1.807) is 0 Å². The fourth-order valence-corrected chi connectivity index (χ4v) is 3.69. The molecule has 0 unspecified atom stereocenters. The molecule has 0 amide bonds. The van der Waals surface area contributed by atoms with Gasteiger partial charge in [-0.15, -0.1) is 10.2 Å². The van der Waals surface area contributed by atoms with Gasteiger partial charge < -0.3 is 24.9 Å². The van der Waals surface area contributed by atoms with Crippen molar-refractivity contribution in [2.24, 2.45) is 0 Å². The average molecular weight is 449 g/mol. The van der Waals surface area contributed by atoms with E-state index in [1.165, 1.54) is 11.8 Å². The standard InChI is InChI=1S/C21H19N7O3S/c1-12-6-2-3-7-13(12)23-20-25-17(24-19(22)26-20)11-32-21-28-27-18(31-21)16-10-29-14-8-4-5-9-15(14)30-16/h2-9,16H,10-11H2,1H3,(H3,22,23,24,25,26)/t16-/m1/s1. The smallest absolute Gasteiger partial charge is 0.277 e. The van der Waals surface area contributed by atoms with E-state index < -0.39 is 6.10 Å². The van der Waals surface area contributed by atoms with E-state index in [0.29, 0.717) is 46.7 Å². The van der Waals surface area contributed by atoms with Crippen molar-refractivity contribution in [3.05, 3.63) is 65.8 Å². The van der Waals surface area contributed by atoms with E-state index in [2.05, 4.69) is 30.5 Å². The number of hydrogen-bond donors (Lipinski definition) is 2. The Morgan fingerprint density at radius 1 is 1.03 bits per heavy atom. The maximum atomic E-state index is 5.90. The van der Waals surface area contributed by atoms with Crippen LogP contribution in [0.3, 0.4) is 0 Å². The minimum absolute atomic E-state index is 0.129. The molecule has 1 aliphatic rings. The molecule has 0 aliphatic carbocycles. The molecule has 1 aliphatic heterocycles. The van der Waals surface area contributed by atoms with Crippen LogP contribution in [0.4, 0.5) is 17.6 Å². The van der Waals surface area contributed by atoms with Gasteiger partial charge in [0.2, 0.25) is 18.0 Å². The lowest BCUT2D eigenvalue weighted by Crippen LogP contribution is -2.21. The van der Waals surface area contributed by atoms with Crippen molar-refractivity contribution >= 4 is 29.3 Å². The van der Waals surface area contributed by atoms with Gasteiger partial charge in [0.25, 0.3) is 11.1 Å². The number of benzene rings is 2. The Bertz CT molecular complexity index is 1250. The Kier molecular flexibility index (Phi) is 5.46. The van der Waals surface area contributed by atoms with Crippen LogP contribution in [0.1, 0.15) is 23.4 Å². The molecular formula is C21H19N7O3S. The molecule has 1 atom stereocenters. The normalized spacial score (nSPS) is 14.8. The first-order valence-electron chi connectivity index (χ1n) is 9.82. The summed E-state index contributed by atoms with van der Waals surface area (Å²) >= 11 is 1.30. The summed E-state index contributed by atoms with van der Waals surface area (Å²) in [5.74, 6) is 3.06. The zero-order valence-electron chi connectivity index (χ0n) is 17.1. The van der Waals surface area contributed by atoms with Crippen LogP contribution in [-0.4, -0.2) is 31.8 Å². The summed E-state index contributed by atoms with van der Waals surface area (Å²) < 4.78 is 17.4. The topological polar surface area (TPSA) is 134 Å². The summed E-state index contributed by atoms with van der Waals surface area (Å²) in [6, 6.07) is 15.3. The van der Waals surface area contributed by atoms with Crippen molar-refractivity contribution in [2.45, 2.75) is 24.0 Å². The Labute approximate surface area is 187 Å². The van der Waals surface area contributed by atoms with Crippen LogP contribution < -0.4 is 20.5 Å². The third-order valence-electron chi connectivity index (χ3n) is 4.62. The van der Waals surface area contributed by atoms with E-state index in [1.807, 2.05) is 55.5 Å². The minimum Gasteiger partial charge on any atom is -0.485 e. The van der Waals surface area contributed by atoms with Gasteiger partial charge in [-0.3, -0.25) is 0 Å². The summed E-state index contributed by atoms with van der Waals surface area (Å²) in [6.07, 6.45) is -0.468. The molecule has 0 fully saturated rings. The Hall–Kier alpha value is -3.86. The minimum atomic E-state index is -0.468. The third-order valence-corrected chi connectivity index (χ3v) is 5.44. The summed E-state index contributed by atoms with van der Waals surface area (Å²) in [5, 5.41) is 11.7. The van der Waals surface area contributed by atoms with Gasteiger partial charge in [0.1, 0.15) is 12.4 Å². The first kappa shape index (κ1) is 20.1. The van der Waals surface area contributed by atoms with Crippen LogP contribution >= 0.6 is 11.8 Å². The first-order chi connectivity index (χ1) is 15.6. The monoisotopic (exact) mass is 449 g/mol. The number of fused-ring (bicyclic) bond motifs is 1. The van der Waals surface area contributed by atoms with Gasteiger partial charge in [-0.05, 0) is 30.7 Å². The molecule has 162 valence electrons.